The minimum Gasteiger partial charge on any atom is -0.497 e. The molecule has 208 valence electrons. The number of anilines is 1. The lowest BCUT2D eigenvalue weighted by molar-refractivity contribution is -0.140. The molecule has 1 aliphatic rings. The Balaban J connectivity index is 1.68. The Labute approximate surface area is 255 Å². The number of thiocarbonyl (C=S) groups is 1. The third-order valence-electron chi connectivity index (χ3n) is 5.92. The molecule has 12 heteroatoms. The quantitative estimate of drug-likeness (QED) is 0.146. The largest absolute Gasteiger partial charge is 0.497 e. The summed E-state index contributed by atoms with van der Waals surface area (Å²) in [4.78, 5) is 28.6. The minimum absolute atomic E-state index is 0.137. The number of methoxy groups -OCH3 is 3. The van der Waals surface area contributed by atoms with Crippen LogP contribution in [0.2, 0.25) is 10.0 Å². The molecule has 0 aliphatic carbocycles. The van der Waals surface area contributed by atoms with Crippen molar-refractivity contribution in [1.29, 1.82) is 0 Å². The fourth-order valence-corrected chi connectivity index (χ4v) is 5.28. The summed E-state index contributed by atoms with van der Waals surface area (Å²) in [6, 6.07) is 15.5. The summed E-state index contributed by atoms with van der Waals surface area (Å²) in [5, 5.41) is 1.14. The molecule has 0 saturated carbocycles. The van der Waals surface area contributed by atoms with Crippen LogP contribution in [-0.4, -0.2) is 49.8 Å². The average Bonchev–Trinajstić information content (AvgIpc) is 3.16. The van der Waals surface area contributed by atoms with Crippen LogP contribution in [-0.2, 0) is 20.9 Å². The molecule has 1 aliphatic heterocycles. The molecule has 0 atom stereocenters. The van der Waals surface area contributed by atoms with Crippen LogP contribution < -0.4 is 19.1 Å². The van der Waals surface area contributed by atoms with E-state index in [4.69, 9.17) is 54.4 Å². The molecule has 0 radical (unpaired) electrons. The van der Waals surface area contributed by atoms with Gasteiger partial charge in [0.1, 0.15) is 24.6 Å². The monoisotopic (exact) mass is 664 g/mol. The smallest absolute Gasteiger partial charge is 0.325 e. The van der Waals surface area contributed by atoms with Crippen LogP contribution in [0, 0.1) is 0 Å². The summed E-state index contributed by atoms with van der Waals surface area (Å²) >= 11 is 21.4. The minimum atomic E-state index is -0.555. The highest BCUT2D eigenvalue weighted by Gasteiger charge is 2.40. The van der Waals surface area contributed by atoms with Crippen molar-refractivity contribution in [2.75, 3.05) is 32.8 Å². The third-order valence-corrected chi connectivity index (χ3v) is 7.50. The summed E-state index contributed by atoms with van der Waals surface area (Å²) < 4.78 is 22.2. The molecule has 0 unspecified atom stereocenters. The van der Waals surface area contributed by atoms with Crippen LogP contribution in [0.4, 0.5) is 5.69 Å². The van der Waals surface area contributed by atoms with E-state index in [0.717, 1.165) is 5.56 Å². The zero-order valence-corrected chi connectivity index (χ0v) is 25.5. The molecular formula is C28H23BrCl2N2O6S. The van der Waals surface area contributed by atoms with E-state index >= 15 is 0 Å². The van der Waals surface area contributed by atoms with Gasteiger partial charge >= 0.3 is 5.97 Å². The van der Waals surface area contributed by atoms with Gasteiger partial charge in [0.25, 0.3) is 5.91 Å². The molecule has 40 heavy (non-hydrogen) atoms. The lowest BCUT2D eigenvalue weighted by Gasteiger charge is -2.19. The fourth-order valence-electron chi connectivity index (χ4n) is 3.90. The van der Waals surface area contributed by atoms with Crippen LogP contribution in [0.15, 0.2) is 64.8 Å². The summed E-state index contributed by atoms with van der Waals surface area (Å²) in [7, 11) is 4.33. The number of hydrogen-bond acceptors (Lipinski definition) is 7. The summed E-state index contributed by atoms with van der Waals surface area (Å²) in [6.07, 6.45) is 1.62. The molecule has 1 amide bonds. The van der Waals surface area contributed by atoms with Gasteiger partial charge in [0, 0.05) is 15.6 Å². The van der Waals surface area contributed by atoms with Gasteiger partial charge in [-0.2, -0.15) is 0 Å². The molecule has 8 nitrogen and oxygen atoms in total. The van der Waals surface area contributed by atoms with E-state index in [1.54, 1.807) is 67.8 Å². The van der Waals surface area contributed by atoms with Gasteiger partial charge in [0.2, 0.25) is 0 Å². The van der Waals surface area contributed by atoms with Gasteiger partial charge in [-0.15, -0.1) is 0 Å². The van der Waals surface area contributed by atoms with Crippen molar-refractivity contribution in [1.82, 2.24) is 4.90 Å². The average molecular weight is 666 g/mol. The standard InChI is InChI=1S/C28H23BrCl2N2O6S/c1-36-20-8-6-19(7-9-20)33-27(35)23(32(28(33)40)14-25(34)38-3)11-16-10-21(29)26(24(12-16)37-2)39-15-17-4-5-18(30)13-22(17)31/h4-13H,14-15H2,1-3H3/b23-11-. The third kappa shape index (κ3) is 6.36. The van der Waals surface area contributed by atoms with Crippen molar-refractivity contribution in [2.24, 2.45) is 0 Å². The van der Waals surface area contributed by atoms with Gasteiger partial charge in [-0.05, 0) is 88.3 Å². The number of rotatable bonds is 9. The number of benzene rings is 3. The maximum Gasteiger partial charge on any atom is 0.325 e. The second-order valence-corrected chi connectivity index (χ2v) is 10.4. The first-order valence-electron chi connectivity index (χ1n) is 11.7. The fraction of sp³-hybridized carbons (Fsp3) is 0.179. The van der Waals surface area contributed by atoms with Gasteiger partial charge in [-0.3, -0.25) is 14.5 Å². The molecule has 4 rings (SSSR count). The van der Waals surface area contributed by atoms with Gasteiger partial charge in [-0.25, -0.2) is 0 Å². The molecule has 3 aromatic rings. The number of amides is 1. The topological polar surface area (TPSA) is 77.5 Å². The number of hydrogen-bond donors (Lipinski definition) is 0. The van der Waals surface area contributed by atoms with E-state index in [-0.39, 0.29) is 24.0 Å². The van der Waals surface area contributed by atoms with Gasteiger partial charge in [0.05, 0.1) is 31.5 Å². The van der Waals surface area contributed by atoms with Crippen LogP contribution in [0.1, 0.15) is 11.1 Å². The zero-order valence-electron chi connectivity index (χ0n) is 21.6. The highest BCUT2D eigenvalue weighted by molar-refractivity contribution is 9.10. The lowest BCUT2D eigenvalue weighted by atomic mass is 10.1. The molecule has 0 spiro atoms. The van der Waals surface area contributed by atoms with Crippen molar-refractivity contribution >= 4 is 80.1 Å². The Morgan fingerprint density at radius 3 is 2.38 bits per heavy atom. The van der Waals surface area contributed by atoms with Crippen molar-refractivity contribution in [3.63, 3.8) is 0 Å². The molecule has 3 aromatic carbocycles. The molecule has 0 aromatic heterocycles. The molecular weight excluding hydrogens is 643 g/mol. The second kappa shape index (κ2) is 12.9. The van der Waals surface area contributed by atoms with Crippen molar-refractivity contribution < 1.29 is 28.5 Å². The Kier molecular flexibility index (Phi) is 9.57. The van der Waals surface area contributed by atoms with Crippen molar-refractivity contribution in [3.8, 4) is 17.2 Å². The first-order chi connectivity index (χ1) is 19.2. The van der Waals surface area contributed by atoms with Crippen LogP contribution >= 0.6 is 51.3 Å². The number of carbonyl (C=O) groups is 2. The number of ether oxygens (including phenoxy) is 4. The number of nitrogens with zero attached hydrogens (tertiary/aromatic N) is 2. The van der Waals surface area contributed by atoms with E-state index in [9.17, 15) is 9.59 Å². The maximum absolute atomic E-state index is 13.6. The number of halogens is 3. The Hall–Kier alpha value is -3.31. The van der Waals surface area contributed by atoms with Crippen LogP contribution in [0.5, 0.6) is 17.2 Å². The summed E-state index contributed by atoms with van der Waals surface area (Å²) in [6.45, 7) is -0.0806. The first kappa shape index (κ1) is 29.7. The summed E-state index contributed by atoms with van der Waals surface area (Å²) in [5.74, 6) is 0.509. The molecule has 1 fully saturated rings. The van der Waals surface area contributed by atoms with E-state index in [1.807, 2.05) is 0 Å². The normalized spacial score (nSPS) is 14.1. The Morgan fingerprint density at radius 2 is 1.75 bits per heavy atom. The predicted molar refractivity (Wildman–Crippen MR) is 161 cm³/mol. The molecule has 1 heterocycles. The highest BCUT2D eigenvalue weighted by atomic mass is 79.9. The van der Waals surface area contributed by atoms with Crippen molar-refractivity contribution in [3.05, 3.63) is 85.9 Å². The zero-order chi connectivity index (χ0) is 29.0. The summed E-state index contributed by atoms with van der Waals surface area (Å²) in [5.41, 5.74) is 2.05. The Bertz CT molecular complexity index is 1500. The van der Waals surface area contributed by atoms with Crippen LogP contribution in [0.25, 0.3) is 6.08 Å². The van der Waals surface area contributed by atoms with E-state index < -0.39 is 11.9 Å². The van der Waals surface area contributed by atoms with Crippen molar-refractivity contribution in [2.45, 2.75) is 6.61 Å². The maximum atomic E-state index is 13.6. The SMILES string of the molecule is COC(=O)CN1C(=S)N(c2ccc(OC)cc2)C(=O)/C1=C/c1cc(Br)c(OCc2ccc(Cl)cc2Cl)c(OC)c1. The second-order valence-electron chi connectivity index (χ2n) is 8.37. The molecule has 0 N–H and O–H groups in total. The first-order valence-corrected chi connectivity index (χ1v) is 13.6. The molecule has 0 bridgehead atoms. The Morgan fingerprint density at radius 1 is 1.02 bits per heavy atom. The van der Waals surface area contributed by atoms with Crippen LogP contribution in [0.3, 0.4) is 0 Å². The lowest BCUT2D eigenvalue weighted by Crippen LogP contribution is -2.35. The predicted octanol–water partition coefficient (Wildman–Crippen LogP) is 6.50. The molecule has 1 saturated heterocycles. The number of esters is 1. The van der Waals surface area contributed by atoms with E-state index in [2.05, 4.69) is 15.9 Å². The highest BCUT2D eigenvalue weighted by Crippen LogP contribution is 2.39. The van der Waals surface area contributed by atoms with Gasteiger partial charge in [-0.1, -0.05) is 29.3 Å². The van der Waals surface area contributed by atoms with E-state index in [0.29, 0.717) is 43.0 Å². The van der Waals surface area contributed by atoms with Gasteiger partial charge in [0.15, 0.2) is 16.6 Å². The van der Waals surface area contributed by atoms with Gasteiger partial charge < -0.3 is 23.8 Å². The van der Waals surface area contributed by atoms with E-state index in [1.165, 1.54) is 24.0 Å². The number of carbonyl (C=O) groups excluding carboxylic acids is 2.